The first kappa shape index (κ1) is 19.6. The highest BCUT2D eigenvalue weighted by Gasteiger charge is 2.26. The van der Waals surface area contributed by atoms with E-state index in [1.165, 1.54) is 5.56 Å². The van der Waals surface area contributed by atoms with E-state index in [-0.39, 0.29) is 5.75 Å². The Balaban J connectivity index is 1.71. The Morgan fingerprint density at radius 1 is 1.04 bits per heavy atom. The van der Waals surface area contributed by atoms with Crippen LogP contribution in [-0.2, 0) is 10.0 Å². The summed E-state index contributed by atoms with van der Waals surface area (Å²) in [6.45, 7) is 8.05. The number of aryl methyl sites for hydroxylation is 2. The van der Waals surface area contributed by atoms with E-state index in [9.17, 15) is 8.42 Å². The molecule has 27 heavy (non-hydrogen) atoms. The summed E-state index contributed by atoms with van der Waals surface area (Å²) in [4.78, 5) is 11.1. The molecule has 8 heteroatoms. The third-order valence-electron chi connectivity index (χ3n) is 4.57. The van der Waals surface area contributed by atoms with Gasteiger partial charge in [-0.25, -0.2) is 18.4 Å². The van der Waals surface area contributed by atoms with E-state index in [2.05, 4.69) is 27.1 Å². The van der Waals surface area contributed by atoms with Gasteiger partial charge in [0, 0.05) is 37.9 Å². The van der Waals surface area contributed by atoms with Crippen LogP contribution in [0.5, 0.6) is 0 Å². The van der Waals surface area contributed by atoms with Crippen molar-refractivity contribution in [2.24, 2.45) is 0 Å². The van der Waals surface area contributed by atoms with Gasteiger partial charge in [-0.15, -0.1) is 0 Å². The average molecular weight is 390 g/mol. The van der Waals surface area contributed by atoms with Gasteiger partial charge in [0.1, 0.15) is 17.5 Å². The van der Waals surface area contributed by atoms with Crippen LogP contribution >= 0.6 is 0 Å². The number of hydrogen-bond donors (Lipinski definition) is 1. The number of hydrogen-bond acceptors (Lipinski definition) is 6. The van der Waals surface area contributed by atoms with Gasteiger partial charge in [0.2, 0.25) is 10.0 Å². The summed E-state index contributed by atoms with van der Waals surface area (Å²) in [6, 6.07) is 10.1. The van der Waals surface area contributed by atoms with Crippen molar-refractivity contribution in [3.63, 3.8) is 0 Å². The zero-order valence-corrected chi connectivity index (χ0v) is 17.0. The highest BCUT2D eigenvalue weighted by atomic mass is 32.2. The molecule has 7 nitrogen and oxygen atoms in total. The van der Waals surface area contributed by atoms with Crippen LogP contribution in [0.4, 0.5) is 17.3 Å². The highest BCUT2D eigenvalue weighted by molar-refractivity contribution is 7.89. The van der Waals surface area contributed by atoms with E-state index in [4.69, 9.17) is 0 Å². The molecule has 3 rings (SSSR count). The summed E-state index contributed by atoms with van der Waals surface area (Å²) in [5, 5.41) is 3.32. The summed E-state index contributed by atoms with van der Waals surface area (Å²) in [6.07, 6.45) is 0.641. The third kappa shape index (κ3) is 4.95. The first-order valence-electron chi connectivity index (χ1n) is 9.29. The SMILES string of the molecule is CCCS(=O)(=O)N1CCN(c2cc(Nc3ccc(C)cc3)nc(C)n2)CC1. The normalized spacial score (nSPS) is 15.7. The molecule has 2 heterocycles. The zero-order chi connectivity index (χ0) is 19.4. The number of benzene rings is 1. The van der Waals surface area contributed by atoms with Crippen LogP contribution in [-0.4, -0.2) is 54.6 Å². The average Bonchev–Trinajstić information content (AvgIpc) is 2.63. The van der Waals surface area contributed by atoms with Crippen molar-refractivity contribution in [1.29, 1.82) is 0 Å². The van der Waals surface area contributed by atoms with E-state index < -0.39 is 10.0 Å². The molecule has 0 aliphatic carbocycles. The second-order valence-corrected chi connectivity index (χ2v) is 8.94. The van der Waals surface area contributed by atoms with E-state index >= 15 is 0 Å². The highest BCUT2D eigenvalue weighted by Crippen LogP contribution is 2.22. The Kier molecular flexibility index (Phi) is 5.96. The number of piperazine rings is 1. The number of nitrogens with one attached hydrogen (secondary N) is 1. The molecule has 2 aromatic rings. The molecule has 1 aromatic carbocycles. The number of rotatable bonds is 6. The molecule has 1 aliphatic heterocycles. The fourth-order valence-electron chi connectivity index (χ4n) is 3.15. The van der Waals surface area contributed by atoms with E-state index in [1.54, 1.807) is 4.31 Å². The largest absolute Gasteiger partial charge is 0.354 e. The van der Waals surface area contributed by atoms with Gasteiger partial charge in [-0.2, -0.15) is 4.31 Å². The molecule has 1 N–H and O–H groups in total. The van der Waals surface area contributed by atoms with Crippen molar-refractivity contribution in [1.82, 2.24) is 14.3 Å². The van der Waals surface area contributed by atoms with Crippen molar-refractivity contribution >= 4 is 27.3 Å². The molecule has 1 aromatic heterocycles. The van der Waals surface area contributed by atoms with Crippen LogP contribution in [0.2, 0.25) is 0 Å². The molecule has 0 atom stereocenters. The van der Waals surface area contributed by atoms with Gasteiger partial charge in [-0.3, -0.25) is 0 Å². The Morgan fingerprint density at radius 2 is 1.70 bits per heavy atom. The molecular weight excluding hydrogens is 362 g/mol. The van der Waals surface area contributed by atoms with Gasteiger partial charge in [0.15, 0.2) is 0 Å². The van der Waals surface area contributed by atoms with Gasteiger partial charge in [0.25, 0.3) is 0 Å². The maximum Gasteiger partial charge on any atom is 0.214 e. The van der Waals surface area contributed by atoms with E-state index in [0.29, 0.717) is 38.4 Å². The predicted octanol–water partition coefficient (Wildman–Crippen LogP) is 2.70. The number of anilines is 3. The number of nitrogens with zero attached hydrogens (tertiary/aromatic N) is 4. The molecule has 0 unspecified atom stereocenters. The fraction of sp³-hybridized carbons (Fsp3) is 0.474. The lowest BCUT2D eigenvalue weighted by atomic mass is 10.2. The molecule has 0 spiro atoms. The summed E-state index contributed by atoms with van der Waals surface area (Å²) < 4.78 is 26.1. The lowest BCUT2D eigenvalue weighted by Crippen LogP contribution is -2.49. The molecule has 1 fully saturated rings. The third-order valence-corrected chi connectivity index (χ3v) is 6.64. The molecule has 1 aliphatic rings. The second kappa shape index (κ2) is 8.22. The van der Waals surface area contributed by atoms with Crippen molar-refractivity contribution < 1.29 is 8.42 Å². The smallest absolute Gasteiger partial charge is 0.214 e. The zero-order valence-electron chi connectivity index (χ0n) is 16.1. The monoisotopic (exact) mass is 389 g/mol. The lowest BCUT2D eigenvalue weighted by molar-refractivity contribution is 0.383. The molecule has 0 bridgehead atoms. The molecule has 0 amide bonds. The lowest BCUT2D eigenvalue weighted by Gasteiger charge is -2.34. The van der Waals surface area contributed by atoms with Crippen LogP contribution in [0.1, 0.15) is 24.7 Å². The van der Waals surface area contributed by atoms with Crippen LogP contribution in [0.3, 0.4) is 0 Å². The van der Waals surface area contributed by atoms with Crippen molar-refractivity contribution in [2.75, 3.05) is 42.1 Å². The first-order valence-corrected chi connectivity index (χ1v) is 10.9. The van der Waals surface area contributed by atoms with Gasteiger partial charge in [0.05, 0.1) is 5.75 Å². The van der Waals surface area contributed by atoms with Gasteiger partial charge in [-0.05, 0) is 32.4 Å². The number of sulfonamides is 1. The van der Waals surface area contributed by atoms with Crippen LogP contribution in [0.15, 0.2) is 30.3 Å². The van der Waals surface area contributed by atoms with Gasteiger partial charge < -0.3 is 10.2 Å². The molecule has 146 valence electrons. The Labute approximate surface area is 161 Å². The maximum atomic E-state index is 12.2. The minimum absolute atomic E-state index is 0.213. The molecule has 1 saturated heterocycles. The van der Waals surface area contributed by atoms with Crippen molar-refractivity contribution in [3.8, 4) is 0 Å². The standard InChI is InChI=1S/C19H27N5O2S/c1-4-13-27(25,26)24-11-9-23(10-12-24)19-14-18(20-16(3)21-19)22-17-7-5-15(2)6-8-17/h5-8,14H,4,9-13H2,1-3H3,(H,20,21,22). The van der Waals surface area contributed by atoms with Gasteiger partial charge >= 0.3 is 0 Å². The second-order valence-electron chi connectivity index (χ2n) is 6.85. The summed E-state index contributed by atoms with van der Waals surface area (Å²) >= 11 is 0. The topological polar surface area (TPSA) is 78.4 Å². The maximum absolute atomic E-state index is 12.2. The first-order chi connectivity index (χ1) is 12.9. The predicted molar refractivity (Wildman–Crippen MR) is 109 cm³/mol. The minimum Gasteiger partial charge on any atom is -0.354 e. The van der Waals surface area contributed by atoms with Crippen LogP contribution in [0.25, 0.3) is 0 Å². The summed E-state index contributed by atoms with van der Waals surface area (Å²) in [5.41, 5.74) is 2.18. The van der Waals surface area contributed by atoms with Crippen molar-refractivity contribution in [3.05, 3.63) is 41.7 Å². The number of aromatic nitrogens is 2. The molecule has 0 saturated carbocycles. The van der Waals surface area contributed by atoms with E-state index in [0.717, 1.165) is 17.3 Å². The quantitative estimate of drug-likeness (QED) is 0.818. The minimum atomic E-state index is -3.14. The Hall–Kier alpha value is -2.19. The molecular formula is C19H27N5O2S. The Bertz CT molecular complexity index is 875. The summed E-state index contributed by atoms with van der Waals surface area (Å²) in [5.74, 6) is 2.46. The van der Waals surface area contributed by atoms with Crippen LogP contribution < -0.4 is 10.2 Å². The Morgan fingerprint density at radius 3 is 2.33 bits per heavy atom. The van der Waals surface area contributed by atoms with Crippen LogP contribution in [0, 0.1) is 13.8 Å². The van der Waals surface area contributed by atoms with Crippen molar-refractivity contribution in [2.45, 2.75) is 27.2 Å². The van der Waals surface area contributed by atoms with E-state index in [1.807, 2.05) is 44.2 Å². The molecule has 0 radical (unpaired) electrons. The van der Waals surface area contributed by atoms with Gasteiger partial charge in [-0.1, -0.05) is 24.6 Å². The summed E-state index contributed by atoms with van der Waals surface area (Å²) in [7, 11) is -3.14. The fourth-order valence-corrected chi connectivity index (χ4v) is 4.64.